The van der Waals surface area contributed by atoms with Crippen LogP contribution in [-0.4, -0.2) is 91.0 Å². The third-order valence-electron chi connectivity index (χ3n) is 7.95. The van der Waals surface area contributed by atoms with E-state index >= 15 is 0 Å². The fraction of sp³-hybridized carbons (Fsp3) is 0.467. The van der Waals surface area contributed by atoms with Gasteiger partial charge in [0.2, 0.25) is 5.82 Å². The van der Waals surface area contributed by atoms with Crippen molar-refractivity contribution < 1.29 is 24.3 Å². The molecule has 13 heteroatoms. The summed E-state index contributed by atoms with van der Waals surface area (Å²) in [4.78, 5) is 34.4. The standard InChI is InChI=1S/C22H19ClN4O5S.C8H18N2/c23-18-5-4-17(33-18)16-10-12(25-32-16)11-27-15-3-1-2-14(19(15)24-20(27)22(30)31)21(29)26-8-6-13(28)7-9-26;1-7(2)10-5-3-8(9)4-6-10/h1-5,10,13,28H,6-9,11H2,(H,30,31);7-8H,3-6,9H2,1-2H3. The van der Waals surface area contributed by atoms with E-state index < -0.39 is 12.1 Å². The monoisotopic (exact) mass is 628 g/mol. The van der Waals surface area contributed by atoms with Gasteiger partial charge in [-0.15, -0.1) is 11.3 Å². The SMILES string of the molecule is CC(C)N1CCC(N)CC1.O=C(O)c1nc2c(C(=O)N3CCC(O)CC3)cccc2n1Cc1cc(-c2ccc(Cl)s2)on1. The van der Waals surface area contributed by atoms with E-state index in [1.165, 1.54) is 41.8 Å². The van der Waals surface area contributed by atoms with Crippen LogP contribution in [0.2, 0.25) is 4.34 Å². The Labute approximate surface area is 258 Å². The number of para-hydroxylation sites is 1. The van der Waals surface area contributed by atoms with E-state index in [-0.39, 0.29) is 18.3 Å². The van der Waals surface area contributed by atoms with Crippen molar-refractivity contribution in [1.29, 1.82) is 0 Å². The number of carboxylic acids is 1. The summed E-state index contributed by atoms with van der Waals surface area (Å²) in [7, 11) is 0. The summed E-state index contributed by atoms with van der Waals surface area (Å²) in [6.45, 7) is 7.87. The highest BCUT2D eigenvalue weighted by atomic mass is 35.5. The van der Waals surface area contributed by atoms with Crippen LogP contribution >= 0.6 is 22.9 Å². The van der Waals surface area contributed by atoms with Crippen molar-refractivity contribution in [3.05, 3.63) is 57.8 Å². The molecule has 230 valence electrons. The highest BCUT2D eigenvalue weighted by Gasteiger charge is 2.27. The number of aromatic nitrogens is 3. The molecule has 11 nitrogen and oxygen atoms in total. The Morgan fingerprint density at radius 3 is 2.47 bits per heavy atom. The van der Waals surface area contributed by atoms with Gasteiger partial charge in [0.1, 0.15) is 11.2 Å². The molecule has 2 fully saturated rings. The van der Waals surface area contributed by atoms with Gasteiger partial charge in [0, 0.05) is 31.2 Å². The number of nitrogens with zero attached hydrogens (tertiary/aromatic N) is 5. The number of likely N-dealkylation sites (tertiary alicyclic amines) is 2. The molecule has 1 amide bonds. The molecule has 0 unspecified atom stereocenters. The van der Waals surface area contributed by atoms with Gasteiger partial charge in [0.25, 0.3) is 5.91 Å². The second kappa shape index (κ2) is 13.6. The van der Waals surface area contributed by atoms with Crippen molar-refractivity contribution in [1.82, 2.24) is 24.5 Å². The van der Waals surface area contributed by atoms with Crippen LogP contribution in [-0.2, 0) is 6.54 Å². The molecular formula is C30H37ClN6O5S. The number of hydrogen-bond donors (Lipinski definition) is 3. The molecule has 0 radical (unpaired) electrons. The van der Waals surface area contributed by atoms with Gasteiger partial charge >= 0.3 is 5.97 Å². The minimum atomic E-state index is -1.21. The maximum absolute atomic E-state index is 13.1. The first kappa shape index (κ1) is 31.1. The van der Waals surface area contributed by atoms with Gasteiger partial charge in [-0.2, -0.15) is 0 Å². The minimum absolute atomic E-state index is 0.105. The van der Waals surface area contributed by atoms with Crippen LogP contribution in [0, 0.1) is 0 Å². The number of benzene rings is 1. The quantitative estimate of drug-likeness (QED) is 0.279. The number of aliphatic hydroxyl groups is 1. The van der Waals surface area contributed by atoms with Crippen molar-refractivity contribution in [2.75, 3.05) is 26.2 Å². The number of imidazole rings is 1. The molecule has 2 aliphatic heterocycles. The number of nitrogens with two attached hydrogens (primary N) is 1. The lowest BCUT2D eigenvalue weighted by atomic mass is 10.1. The largest absolute Gasteiger partial charge is 0.475 e. The van der Waals surface area contributed by atoms with Crippen LogP contribution in [0.4, 0.5) is 0 Å². The smallest absolute Gasteiger partial charge is 0.372 e. The third kappa shape index (κ3) is 7.27. The van der Waals surface area contributed by atoms with Crippen LogP contribution < -0.4 is 5.73 Å². The maximum atomic E-state index is 13.1. The van der Waals surface area contributed by atoms with Crippen LogP contribution in [0.1, 0.15) is 66.2 Å². The maximum Gasteiger partial charge on any atom is 0.372 e. The molecule has 3 aromatic heterocycles. The molecule has 43 heavy (non-hydrogen) atoms. The number of thiophene rings is 1. The Morgan fingerprint density at radius 1 is 1.12 bits per heavy atom. The summed E-state index contributed by atoms with van der Waals surface area (Å²) in [5.74, 6) is -1.10. The zero-order chi connectivity index (χ0) is 30.7. The number of rotatable bonds is 6. The molecule has 0 atom stereocenters. The summed E-state index contributed by atoms with van der Waals surface area (Å²) in [6.07, 6.45) is 2.98. The van der Waals surface area contributed by atoms with Crippen LogP contribution in [0.3, 0.4) is 0 Å². The van der Waals surface area contributed by atoms with Gasteiger partial charge in [0.15, 0.2) is 5.76 Å². The van der Waals surface area contributed by atoms with E-state index in [4.69, 9.17) is 21.9 Å². The van der Waals surface area contributed by atoms with Crippen molar-refractivity contribution in [2.45, 2.75) is 64.3 Å². The lowest BCUT2D eigenvalue weighted by Crippen LogP contribution is -2.42. The molecular weight excluding hydrogens is 592 g/mol. The van der Waals surface area contributed by atoms with Gasteiger partial charge < -0.3 is 34.8 Å². The number of carbonyl (C=O) groups excluding carboxylic acids is 1. The Morgan fingerprint density at radius 2 is 1.84 bits per heavy atom. The first-order valence-corrected chi connectivity index (χ1v) is 15.7. The zero-order valence-corrected chi connectivity index (χ0v) is 25.9. The van der Waals surface area contributed by atoms with E-state index in [9.17, 15) is 19.8 Å². The molecule has 0 saturated carbocycles. The Balaban J connectivity index is 0.000000314. The number of amides is 1. The molecule has 4 N–H and O–H groups in total. The number of hydrogen-bond acceptors (Lipinski definition) is 9. The average molecular weight is 629 g/mol. The zero-order valence-electron chi connectivity index (χ0n) is 24.3. The van der Waals surface area contributed by atoms with Crippen molar-refractivity contribution in [3.63, 3.8) is 0 Å². The highest BCUT2D eigenvalue weighted by molar-refractivity contribution is 7.19. The summed E-state index contributed by atoms with van der Waals surface area (Å²) in [6, 6.07) is 11.6. The average Bonchev–Trinajstić information content (AvgIpc) is 3.73. The van der Waals surface area contributed by atoms with E-state index in [1.54, 1.807) is 35.2 Å². The van der Waals surface area contributed by atoms with E-state index in [1.807, 2.05) is 6.07 Å². The van der Waals surface area contributed by atoms with Crippen LogP contribution in [0.5, 0.6) is 0 Å². The number of fused-ring (bicyclic) bond motifs is 1. The fourth-order valence-electron chi connectivity index (χ4n) is 5.43. The predicted molar refractivity (Wildman–Crippen MR) is 166 cm³/mol. The first-order valence-electron chi connectivity index (χ1n) is 14.5. The van der Waals surface area contributed by atoms with Gasteiger partial charge in [-0.3, -0.25) is 4.79 Å². The van der Waals surface area contributed by atoms with Crippen LogP contribution in [0.15, 0.2) is 40.9 Å². The fourth-order valence-corrected chi connectivity index (χ4v) is 6.42. The predicted octanol–water partition coefficient (Wildman–Crippen LogP) is 4.57. The number of carboxylic acid groups (broad SMARTS) is 1. The molecule has 5 heterocycles. The molecule has 1 aromatic carbocycles. The lowest BCUT2D eigenvalue weighted by molar-refractivity contribution is 0.0547. The Hall–Kier alpha value is -3.29. The van der Waals surface area contributed by atoms with Crippen molar-refractivity contribution in [2.24, 2.45) is 5.73 Å². The topological polar surface area (TPSA) is 151 Å². The van der Waals surface area contributed by atoms with Gasteiger partial charge in [0.05, 0.1) is 32.9 Å². The summed E-state index contributed by atoms with van der Waals surface area (Å²) < 4.78 is 7.55. The lowest BCUT2D eigenvalue weighted by Gasteiger charge is -2.32. The van der Waals surface area contributed by atoms with Crippen molar-refractivity contribution >= 4 is 45.8 Å². The first-order chi connectivity index (χ1) is 20.6. The number of piperidine rings is 2. The van der Waals surface area contributed by atoms with Gasteiger partial charge in [-0.25, -0.2) is 9.78 Å². The molecule has 0 aliphatic carbocycles. The summed E-state index contributed by atoms with van der Waals surface area (Å²) >= 11 is 7.34. The van der Waals surface area contributed by atoms with E-state index in [2.05, 4.69) is 28.9 Å². The second-order valence-electron chi connectivity index (χ2n) is 11.3. The van der Waals surface area contributed by atoms with Crippen LogP contribution in [0.25, 0.3) is 21.7 Å². The second-order valence-corrected chi connectivity index (χ2v) is 13.0. The van der Waals surface area contributed by atoms with Gasteiger partial charge in [-0.1, -0.05) is 22.8 Å². The molecule has 0 spiro atoms. The summed E-state index contributed by atoms with van der Waals surface area (Å²) in [5, 5.41) is 23.6. The molecule has 2 aliphatic rings. The normalized spacial score (nSPS) is 16.9. The van der Waals surface area contributed by atoms with E-state index in [0.29, 0.717) is 70.4 Å². The summed E-state index contributed by atoms with van der Waals surface area (Å²) in [5.41, 5.74) is 7.45. The molecule has 6 rings (SSSR count). The van der Waals surface area contributed by atoms with Crippen molar-refractivity contribution in [3.8, 4) is 10.6 Å². The highest BCUT2D eigenvalue weighted by Crippen LogP contribution is 2.32. The molecule has 0 bridgehead atoms. The Bertz CT molecular complexity index is 1570. The third-order valence-corrected chi connectivity index (χ3v) is 9.20. The van der Waals surface area contributed by atoms with E-state index in [0.717, 1.165) is 4.88 Å². The van der Waals surface area contributed by atoms with Gasteiger partial charge in [-0.05, 0) is 76.9 Å². The number of aromatic carboxylic acids is 1. The number of halogens is 1. The molecule has 4 aromatic rings. The minimum Gasteiger partial charge on any atom is -0.475 e. The number of carbonyl (C=O) groups is 2. The Kier molecular flexibility index (Phi) is 9.82. The molecule has 2 saturated heterocycles. The number of aliphatic hydroxyl groups excluding tert-OH is 1.